The van der Waals surface area contributed by atoms with E-state index in [4.69, 9.17) is 4.74 Å². The van der Waals surface area contributed by atoms with Crippen molar-refractivity contribution in [3.63, 3.8) is 0 Å². The lowest BCUT2D eigenvalue weighted by Crippen LogP contribution is -2.32. The monoisotopic (exact) mass is 343 g/mol. The lowest BCUT2D eigenvalue weighted by Gasteiger charge is -2.08. The molecule has 130 valence electrons. The molecule has 0 atom stereocenters. The van der Waals surface area contributed by atoms with Crippen LogP contribution < -0.4 is 15.4 Å². The van der Waals surface area contributed by atoms with Crippen molar-refractivity contribution < 1.29 is 19.2 Å². The Morgan fingerprint density at radius 3 is 2.52 bits per heavy atom. The molecule has 0 bridgehead atoms. The van der Waals surface area contributed by atoms with Crippen molar-refractivity contribution in [2.24, 2.45) is 0 Å². The maximum atomic E-state index is 12.0. The first-order chi connectivity index (χ1) is 12.0. The molecule has 0 fully saturated rings. The molecule has 8 heteroatoms. The van der Waals surface area contributed by atoms with Crippen molar-refractivity contribution in [3.05, 3.63) is 64.2 Å². The Hall–Kier alpha value is -3.42. The molecule has 0 heterocycles. The van der Waals surface area contributed by atoms with Gasteiger partial charge in [-0.25, -0.2) is 0 Å². The van der Waals surface area contributed by atoms with Crippen molar-refractivity contribution in [2.45, 2.75) is 6.92 Å². The van der Waals surface area contributed by atoms with Gasteiger partial charge in [-0.05, 0) is 37.3 Å². The van der Waals surface area contributed by atoms with Crippen LogP contribution in [0.1, 0.15) is 17.3 Å². The fourth-order valence-corrected chi connectivity index (χ4v) is 2.03. The summed E-state index contributed by atoms with van der Waals surface area (Å²) in [5.41, 5.74) is 0.553. The summed E-state index contributed by atoms with van der Waals surface area (Å²) in [6.07, 6.45) is 0. The normalized spacial score (nSPS) is 9.96. The summed E-state index contributed by atoms with van der Waals surface area (Å²) in [4.78, 5) is 34.0. The molecular formula is C17H17N3O5. The Morgan fingerprint density at radius 1 is 1.16 bits per heavy atom. The van der Waals surface area contributed by atoms with Gasteiger partial charge in [0.05, 0.1) is 18.1 Å². The molecule has 2 rings (SSSR count). The quantitative estimate of drug-likeness (QED) is 0.592. The number of nitro groups is 1. The molecular weight excluding hydrogens is 326 g/mol. The Kier molecular flexibility index (Phi) is 6.05. The summed E-state index contributed by atoms with van der Waals surface area (Å²) >= 11 is 0. The summed E-state index contributed by atoms with van der Waals surface area (Å²) in [6, 6.07) is 12.1. The van der Waals surface area contributed by atoms with Gasteiger partial charge in [-0.15, -0.1) is 0 Å². The van der Waals surface area contributed by atoms with E-state index in [9.17, 15) is 19.7 Å². The second kappa shape index (κ2) is 8.44. The first-order valence-corrected chi connectivity index (χ1v) is 7.55. The van der Waals surface area contributed by atoms with E-state index in [-0.39, 0.29) is 17.9 Å². The number of ether oxygens (including phenoxy) is 1. The van der Waals surface area contributed by atoms with Gasteiger partial charge in [0, 0.05) is 23.4 Å². The van der Waals surface area contributed by atoms with Crippen molar-refractivity contribution in [1.29, 1.82) is 0 Å². The van der Waals surface area contributed by atoms with Gasteiger partial charge in [-0.3, -0.25) is 19.7 Å². The van der Waals surface area contributed by atoms with Crippen molar-refractivity contribution in [2.75, 3.05) is 18.5 Å². The average Bonchev–Trinajstić information content (AvgIpc) is 2.61. The molecule has 0 unspecified atom stereocenters. The molecule has 0 spiro atoms. The number of carbonyl (C=O) groups excluding carboxylic acids is 2. The molecule has 8 nitrogen and oxygen atoms in total. The number of rotatable bonds is 7. The van der Waals surface area contributed by atoms with E-state index in [0.717, 1.165) is 0 Å². The molecule has 2 aromatic carbocycles. The zero-order chi connectivity index (χ0) is 18.2. The van der Waals surface area contributed by atoms with E-state index in [1.807, 2.05) is 6.92 Å². The minimum atomic E-state index is -0.552. The van der Waals surface area contributed by atoms with Gasteiger partial charge in [0.2, 0.25) is 5.91 Å². The van der Waals surface area contributed by atoms with Crippen LogP contribution in [-0.4, -0.2) is 29.9 Å². The highest BCUT2D eigenvalue weighted by atomic mass is 16.6. The number of nitrogens with zero attached hydrogens (tertiary/aromatic N) is 1. The van der Waals surface area contributed by atoms with E-state index in [1.165, 1.54) is 24.3 Å². The standard InChI is InChI=1S/C17H17N3O5/c1-2-25-15-8-6-12(7-9-15)17(22)18-11-16(21)19-13-4-3-5-14(10-13)20(23)24/h3-10H,2,11H2,1H3,(H,18,22)(H,19,21). The van der Waals surface area contributed by atoms with Gasteiger partial charge in [-0.1, -0.05) is 6.07 Å². The number of carbonyl (C=O) groups is 2. The largest absolute Gasteiger partial charge is 0.494 e. The third-order valence-electron chi connectivity index (χ3n) is 3.18. The molecule has 0 aliphatic rings. The predicted molar refractivity (Wildman–Crippen MR) is 91.7 cm³/mol. The molecule has 0 saturated carbocycles. The molecule has 2 N–H and O–H groups in total. The zero-order valence-electron chi connectivity index (χ0n) is 13.5. The minimum absolute atomic E-state index is 0.128. The van der Waals surface area contributed by atoms with E-state index in [0.29, 0.717) is 17.9 Å². The summed E-state index contributed by atoms with van der Waals surface area (Å²) in [6.45, 7) is 2.14. The highest BCUT2D eigenvalue weighted by Crippen LogP contribution is 2.16. The van der Waals surface area contributed by atoms with E-state index in [2.05, 4.69) is 10.6 Å². The van der Waals surface area contributed by atoms with Crippen LogP contribution in [0.3, 0.4) is 0 Å². The van der Waals surface area contributed by atoms with E-state index < -0.39 is 16.7 Å². The van der Waals surface area contributed by atoms with Crippen LogP contribution >= 0.6 is 0 Å². The molecule has 0 aliphatic heterocycles. The number of anilines is 1. The summed E-state index contributed by atoms with van der Waals surface area (Å²) in [5, 5.41) is 15.7. The zero-order valence-corrected chi connectivity index (χ0v) is 13.5. The number of hydrogen-bond acceptors (Lipinski definition) is 5. The maximum absolute atomic E-state index is 12.0. The van der Waals surface area contributed by atoms with Crippen LogP contribution in [0.2, 0.25) is 0 Å². The Morgan fingerprint density at radius 2 is 1.88 bits per heavy atom. The molecule has 25 heavy (non-hydrogen) atoms. The fraction of sp³-hybridized carbons (Fsp3) is 0.176. The third-order valence-corrected chi connectivity index (χ3v) is 3.18. The van der Waals surface area contributed by atoms with Gasteiger partial charge in [0.1, 0.15) is 5.75 Å². The molecule has 2 amide bonds. The highest BCUT2D eigenvalue weighted by molar-refractivity contribution is 5.99. The number of benzene rings is 2. The second-order valence-corrected chi connectivity index (χ2v) is 5.00. The summed E-state index contributed by atoms with van der Waals surface area (Å²) < 4.78 is 5.29. The van der Waals surface area contributed by atoms with Crippen LogP contribution in [0.5, 0.6) is 5.75 Å². The SMILES string of the molecule is CCOc1ccc(C(=O)NCC(=O)Nc2cccc([N+](=O)[O-])c2)cc1. The fourth-order valence-electron chi connectivity index (χ4n) is 2.03. The average molecular weight is 343 g/mol. The van der Waals surface area contributed by atoms with Crippen LogP contribution in [0, 0.1) is 10.1 Å². The molecule has 0 saturated heterocycles. The smallest absolute Gasteiger partial charge is 0.271 e. The lowest BCUT2D eigenvalue weighted by molar-refractivity contribution is -0.384. The Bertz CT molecular complexity index is 774. The van der Waals surface area contributed by atoms with Gasteiger partial charge >= 0.3 is 0 Å². The molecule has 0 aliphatic carbocycles. The number of nitrogens with one attached hydrogen (secondary N) is 2. The first-order valence-electron chi connectivity index (χ1n) is 7.55. The lowest BCUT2D eigenvalue weighted by atomic mass is 10.2. The van der Waals surface area contributed by atoms with Crippen LogP contribution in [-0.2, 0) is 4.79 Å². The van der Waals surface area contributed by atoms with Crippen LogP contribution in [0.15, 0.2) is 48.5 Å². The van der Waals surface area contributed by atoms with Crippen molar-refractivity contribution in [1.82, 2.24) is 5.32 Å². The van der Waals surface area contributed by atoms with Crippen LogP contribution in [0.4, 0.5) is 11.4 Å². The van der Waals surface area contributed by atoms with Gasteiger partial charge in [-0.2, -0.15) is 0 Å². The molecule has 0 radical (unpaired) electrons. The van der Waals surface area contributed by atoms with Gasteiger partial charge in [0.25, 0.3) is 11.6 Å². The Labute approximate surface area is 144 Å². The summed E-state index contributed by atoms with van der Waals surface area (Å²) in [5.74, 6) is -0.237. The Balaban J connectivity index is 1.87. The number of amides is 2. The van der Waals surface area contributed by atoms with Gasteiger partial charge in [0.15, 0.2) is 0 Å². The number of non-ortho nitro benzene ring substituents is 1. The van der Waals surface area contributed by atoms with Gasteiger partial charge < -0.3 is 15.4 Å². The highest BCUT2D eigenvalue weighted by Gasteiger charge is 2.10. The minimum Gasteiger partial charge on any atom is -0.494 e. The van der Waals surface area contributed by atoms with Crippen molar-refractivity contribution in [3.8, 4) is 5.75 Å². The summed E-state index contributed by atoms with van der Waals surface area (Å²) in [7, 11) is 0. The van der Waals surface area contributed by atoms with E-state index in [1.54, 1.807) is 24.3 Å². The predicted octanol–water partition coefficient (Wildman–Crippen LogP) is 2.36. The molecule has 0 aromatic heterocycles. The first kappa shape index (κ1) is 17.9. The number of nitro benzene ring substituents is 1. The van der Waals surface area contributed by atoms with Crippen molar-refractivity contribution >= 4 is 23.2 Å². The van der Waals surface area contributed by atoms with Crippen LogP contribution in [0.25, 0.3) is 0 Å². The third kappa shape index (κ3) is 5.31. The maximum Gasteiger partial charge on any atom is 0.271 e. The number of hydrogen-bond donors (Lipinski definition) is 2. The second-order valence-electron chi connectivity index (χ2n) is 5.00. The van der Waals surface area contributed by atoms with E-state index >= 15 is 0 Å². The topological polar surface area (TPSA) is 111 Å². The molecule has 2 aromatic rings.